The van der Waals surface area contributed by atoms with Gasteiger partial charge in [-0.25, -0.2) is 14.4 Å². The fourth-order valence-electron chi connectivity index (χ4n) is 15.6. The van der Waals surface area contributed by atoms with Gasteiger partial charge >= 0.3 is 0 Å². The minimum atomic E-state index is -0.223. The van der Waals surface area contributed by atoms with Crippen LogP contribution in [0.25, 0.3) is 85.0 Å². The van der Waals surface area contributed by atoms with E-state index in [9.17, 15) is 4.39 Å². The Morgan fingerprint density at radius 2 is 1.07 bits per heavy atom. The molecule has 508 valence electrons. The molecule has 0 saturated carbocycles. The van der Waals surface area contributed by atoms with E-state index < -0.39 is 0 Å². The highest BCUT2D eigenvalue weighted by Gasteiger charge is 2.33. The normalized spacial score (nSPS) is 17.0. The molecule has 2 N–H and O–H groups in total. The number of likely N-dealkylation sites (N-methyl/N-ethyl adjacent to an activating group) is 1. The molecule has 6 aromatic carbocycles. The number of hydrogen-bond acceptors (Lipinski definition) is 13. The number of nitriles is 2. The van der Waals surface area contributed by atoms with Crippen molar-refractivity contribution in [2.75, 3.05) is 108 Å². The molecule has 3 atom stereocenters. The summed E-state index contributed by atoms with van der Waals surface area (Å²) in [5.41, 5.74) is 29.2. The number of aromatic nitrogens is 10. The molecule has 0 unspecified atom stereocenters. The number of rotatable bonds is 11. The molecule has 20 heteroatoms. The SMILES string of the molecule is CN(C)C[C@H]1CN(c2ccc3c(c2)Cn2cc(-c4ccc(C#N)cc4)cc2-c2nncn2-3)CCO1.C[C@H]1CN(c2ccc3c(c2)Cn2cc(-c4ccc(F)cc4)cc2-c2nccn2-3)C[C@@H]1CN.Cc1cnc2n1-c1ccc(N3CC(CN(C)C)C3)cc1Cn1cc(-c3ccc(C#N)cc3)cc1-2. The Morgan fingerprint density at radius 3 is 1.62 bits per heavy atom. The van der Waals surface area contributed by atoms with E-state index in [2.05, 4.69) is 213 Å². The van der Waals surface area contributed by atoms with Gasteiger partial charge in [0.2, 0.25) is 0 Å². The molecule has 0 spiro atoms. The maximum Gasteiger partial charge on any atom is 0.185 e. The number of morpholine rings is 1. The molecular weight excluding hydrogens is 1260 g/mol. The minimum Gasteiger partial charge on any atom is -0.373 e. The van der Waals surface area contributed by atoms with E-state index in [0.29, 0.717) is 23.0 Å². The average molecular weight is 1340 g/mol. The van der Waals surface area contributed by atoms with Crippen molar-refractivity contribution in [1.82, 2.24) is 57.4 Å². The van der Waals surface area contributed by atoms with Crippen LogP contribution >= 0.6 is 0 Å². The second kappa shape index (κ2) is 26.8. The van der Waals surface area contributed by atoms with Gasteiger partial charge in [-0.2, -0.15) is 10.5 Å². The molecule has 6 aliphatic heterocycles. The Morgan fingerprint density at radius 1 is 0.554 bits per heavy atom. The second-order valence-corrected chi connectivity index (χ2v) is 28.4. The van der Waals surface area contributed by atoms with Gasteiger partial charge in [0, 0.05) is 155 Å². The number of nitrogens with zero attached hydrogens (tertiary/aromatic N) is 17. The van der Waals surface area contributed by atoms with Gasteiger partial charge in [-0.15, -0.1) is 10.2 Å². The number of nitrogens with two attached hydrogens (primary N) is 1. The fraction of sp³-hybridized carbons (Fsp3) is 0.284. The molecule has 6 aromatic heterocycles. The van der Waals surface area contributed by atoms with Crippen LogP contribution in [0.15, 0.2) is 189 Å². The number of anilines is 3. The third-order valence-electron chi connectivity index (χ3n) is 20.8. The molecule has 12 aromatic rings. The Hall–Kier alpha value is -11.1. The first-order chi connectivity index (χ1) is 49.2. The highest BCUT2D eigenvalue weighted by atomic mass is 19.1. The summed E-state index contributed by atoms with van der Waals surface area (Å²) in [5.74, 6) is 4.38. The third-order valence-corrected chi connectivity index (χ3v) is 20.8. The van der Waals surface area contributed by atoms with Gasteiger partial charge < -0.3 is 48.7 Å². The fourth-order valence-corrected chi connectivity index (χ4v) is 15.6. The zero-order valence-corrected chi connectivity index (χ0v) is 57.9. The minimum absolute atomic E-state index is 0.202. The topological polar surface area (TPSA) is 180 Å². The monoisotopic (exact) mass is 1340 g/mol. The zero-order valence-electron chi connectivity index (χ0n) is 57.9. The number of imidazole rings is 2. The summed E-state index contributed by atoms with van der Waals surface area (Å²) in [7, 11) is 8.47. The van der Waals surface area contributed by atoms with E-state index in [1.807, 2.05) is 79.3 Å². The van der Waals surface area contributed by atoms with E-state index >= 15 is 0 Å². The van der Waals surface area contributed by atoms with Gasteiger partial charge in [-0.05, 0) is 196 Å². The molecule has 6 aliphatic rings. The number of aryl methyl sites for hydroxylation is 1. The lowest BCUT2D eigenvalue weighted by atomic mass is 9.98. The molecule has 101 heavy (non-hydrogen) atoms. The van der Waals surface area contributed by atoms with Crippen molar-refractivity contribution >= 4 is 17.1 Å². The molecule has 0 bridgehead atoms. The Bertz CT molecular complexity index is 5120. The number of benzene rings is 6. The summed E-state index contributed by atoms with van der Waals surface area (Å²) in [4.78, 5) is 21.3. The number of halogens is 1. The molecule has 0 aliphatic carbocycles. The smallest absolute Gasteiger partial charge is 0.185 e. The van der Waals surface area contributed by atoms with Gasteiger partial charge in [-0.1, -0.05) is 43.3 Å². The van der Waals surface area contributed by atoms with E-state index in [4.69, 9.17) is 26.0 Å². The first-order valence-corrected chi connectivity index (χ1v) is 34.8. The molecule has 12 heterocycles. The number of ether oxygens (including phenoxy) is 1. The van der Waals surface area contributed by atoms with Crippen molar-refractivity contribution in [1.29, 1.82) is 10.5 Å². The lowest BCUT2D eigenvalue weighted by molar-refractivity contribution is 0.0248. The number of fused-ring (bicyclic) bond motifs is 15. The van der Waals surface area contributed by atoms with Gasteiger partial charge in [-0.3, -0.25) is 13.7 Å². The van der Waals surface area contributed by atoms with Crippen molar-refractivity contribution in [3.05, 3.63) is 228 Å². The summed E-state index contributed by atoms with van der Waals surface area (Å²) in [6.45, 7) is 16.3. The van der Waals surface area contributed by atoms with Crippen LogP contribution in [0.4, 0.5) is 21.5 Å². The third kappa shape index (κ3) is 12.6. The second-order valence-electron chi connectivity index (χ2n) is 28.4. The Kier molecular flexibility index (Phi) is 17.2. The molecule has 18 rings (SSSR count). The van der Waals surface area contributed by atoms with Crippen molar-refractivity contribution in [2.45, 2.75) is 39.6 Å². The lowest BCUT2D eigenvalue weighted by Crippen LogP contribution is -2.50. The first kappa shape index (κ1) is 64.5. The highest BCUT2D eigenvalue weighted by molar-refractivity contribution is 5.76. The van der Waals surface area contributed by atoms with Crippen molar-refractivity contribution in [2.24, 2.45) is 23.5 Å². The van der Waals surface area contributed by atoms with E-state index in [0.717, 1.165) is 176 Å². The van der Waals surface area contributed by atoms with Crippen LogP contribution < -0.4 is 20.4 Å². The van der Waals surface area contributed by atoms with Crippen LogP contribution in [0.5, 0.6) is 0 Å². The van der Waals surface area contributed by atoms with Crippen molar-refractivity contribution in [3.8, 4) is 97.1 Å². The van der Waals surface area contributed by atoms with Crippen LogP contribution in [0, 0.1) is 53.2 Å². The van der Waals surface area contributed by atoms with Crippen LogP contribution in [0.2, 0.25) is 0 Å². The quantitative estimate of drug-likeness (QED) is 0.129. The summed E-state index contributed by atoms with van der Waals surface area (Å²) in [6.07, 6.45) is 14.3. The molecule has 0 radical (unpaired) electrons. The lowest BCUT2D eigenvalue weighted by Gasteiger charge is -2.42. The van der Waals surface area contributed by atoms with Crippen LogP contribution in [-0.2, 0) is 24.4 Å². The standard InChI is InChI=1S/C28H28N6.C27H27N7O.C26H26FN5/c1-19-13-30-28-27-11-23(22-6-4-20(12-29)5-7-22)17-33(27)18-24-10-25(8-9-26(24)34(19)28)32-15-21(16-32)14-31(2)3;1-31(2)16-24-17-32(9-10-35-24)23-7-8-25-22(11-23)15-33-14-21(20-5-3-19(13-28)4-6-20)12-26(33)27-30-29-18-34(25)27;1-17-13-30(16-21(17)12-28)23-6-7-24-20(10-23)15-31-14-19(18-2-4-22(27)5-3-18)11-25(31)26-29-8-9-32(24)26/h4-11,13,17,21H,14-16,18H2,1-3H3;3-8,11-12,14,18,24H,9-10,15-17H2,1-2H3;2-11,14,17,21H,12-13,15-16,28H2,1H3/t;24-;17-,21-/m.00/s1. The average Bonchev–Trinajstić information content (AvgIpc) is 1.62. The van der Waals surface area contributed by atoms with Gasteiger partial charge in [0.15, 0.2) is 17.5 Å². The van der Waals surface area contributed by atoms with E-state index in [1.165, 1.54) is 51.6 Å². The summed E-state index contributed by atoms with van der Waals surface area (Å²) < 4.78 is 32.7. The molecule has 0 amide bonds. The Labute approximate surface area is 588 Å². The molecule has 19 nitrogen and oxygen atoms in total. The number of hydrogen-bond donors (Lipinski definition) is 1. The summed E-state index contributed by atoms with van der Waals surface area (Å²) >= 11 is 0. The summed E-state index contributed by atoms with van der Waals surface area (Å²) in [5, 5.41) is 26.9. The molecule has 3 fully saturated rings. The molecular formula is C81H81FN18O. The van der Waals surface area contributed by atoms with Gasteiger partial charge in [0.25, 0.3) is 0 Å². The van der Waals surface area contributed by atoms with Crippen LogP contribution in [0.1, 0.15) is 40.4 Å². The van der Waals surface area contributed by atoms with Crippen molar-refractivity contribution in [3.63, 3.8) is 0 Å². The first-order valence-electron chi connectivity index (χ1n) is 34.8. The van der Waals surface area contributed by atoms with E-state index in [-0.39, 0.29) is 11.9 Å². The van der Waals surface area contributed by atoms with Crippen LogP contribution in [-0.4, -0.2) is 157 Å². The Balaban J connectivity index is 0.000000118. The maximum absolute atomic E-state index is 13.4. The van der Waals surface area contributed by atoms with E-state index in [1.54, 1.807) is 6.33 Å². The molecule has 3 saturated heterocycles. The largest absolute Gasteiger partial charge is 0.373 e. The maximum atomic E-state index is 13.4. The van der Waals surface area contributed by atoms with Gasteiger partial charge in [0.05, 0.1) is 70.1 Å². The van der Waals surface area contributed by atoms with Crippen LogP contribution in [0.3, 0.4) is 0 Å². The predicted octanol–water partition coefficient (Wildman–Crippen LogP) is 12.5. The predicted molar refractivity (Wildman–Crippen MR) is 395 cm³/mol. The van der Waals surface area contributed by atoms with Gasteiger partial charge in [0.1, 0.15) is 12.1 Å². The zero-order chi connectivity index (χ0) is 69.2. The van der Waals surface area contributed by atoms with Crippen molar-refractivity contribution < 1.29 is 9.13 Å². The highest BCUT2D eigenvalue weighted by Crippen LogP contribution is 2.41. The summed E-state index contributed by atoms with van der Waals surface area (Å²) in [6, 6.07) is 53.4.